The molecule has 0 spiro atoms. The maximum atomic E-state index is 5.17. The summed E-state index contributed by atoms with van der Waals surface area (Å²) in [7, 11) is 3.36. The summed E-state index contributed by atoms with van der Waals surface area (Å²) >= 11 is 0. The highest BCUT2D eigenvalue weighted by Gasteiger charge is 2.01. The molecule has 0 aromatic rings. The van der Waals surface area contributed by atoms with E-state index in [0.29, 0.717) is 11.9 Å². The summed E-state index contributed by atoms with van der Waals surface area (Å²) in [4.78, 5) is 3.87. The molecule has 5 heteroatoms. The first kappa shape index (κ1) is 11.2. The number of nitrogens with two attached hydrogens (primary N) is 1. The summed E-state index contributed by atoms with van der Waals surface area (Å²) in [5, 5.41) is 3.04. The number of ether oxygens (including phenoxy) is 1. The van der Waals surface area contributed by atoms with Gasteiger partial charge in [-0.3, -0.25) is 10.4 Å². The predicted octanol–water partition coefficient (Wildman–Crippen LogP) is -0.692. The van der Waals surface area contributed by atoms with Crippen molar-refractivity contribution in [2.45, 2.75) is 6.92 Å². The lowest BCUT2D eigenvalue weighted by Crippen LogP contribution is -2.43. The molecular formula is C7H18N4O. The van der Waals surface area contributed by atoms with Crippen LogP contribution in [0.25, 0.3) is 0 Å². The van der Waals surface area contributed by atoms with Crippen LogP contribution in [0.2, 0.25) is 0 Å². The molecule has 5 nitrogen and oxygen atoms in total. The van der Waals surface area contributed by atoms with E-state index in [9.17, 15) is 0 Å². The van der Waals surface area contributed by atoms with Crippen LogP contribution in [0.1, 0.15) is 6.92 Å². The average Bonchev–Trinajstić information content (AvgIpc) is 2.07. The minimum Gasteiger partial charge on any atom is -0.384 e. The first-order chi connectivity index (χ1) is 5.74. The Labute approximate surface area is 73.3 Å². The van der Waals surface area contributed by atoms with Crippen LogP contribution in [0, 0.1) is 5.92 Å². The molecule has 0 saturated carbocycles. The molecule has 0 bridgehead atoms. The van der Waals surface area contributed by atoms with Crippen LogP contribution < -0.4 is 16.6 Å². The van der Waals surface area contributed by atoms with Crippen LogP contribution in [0.3, 0.4) is 0 Å². The van der Waals surface area contributed by atoms with Gasteiger partial charge in [-0.15, -0.1) is 0 Å². The Morgan fingerprint density at radius 2 is 2.33 bits per heavy atom. The summed E-state index contributed by atoms with van der Waals surface area (Å²) in [5.41, 5.74) is 2.45. The molecule has 0 saturated heterocycles. The minimum absolute atomic E-state index is 0.445. The molecule has 0 aromatic carbocycles. The Morgan fingerprint density at radius 1 is 1.67 bits per heavy atom. The number of aliphatic imine (C=N–C) groups is 1. The fraction of sp³-hybridized carbons (Fsp3) is 0.857. The maximum absolute atomic E-state index is 5.17. The van der Waals surface area contributed by atoms with E-state index in [1.807, 2.05) is 0 Å². The summed E-state index contributed by atoms with van der Waals surface area (Å²) in [6.07, 6.45) is 0. The molecule has 4 N–H and O–H groups in total. The number of methoxy groups -OCH3 is 1. The van der Waals surface area contributed by atoms with E-state index in [4.69, 9.17) is 10.6 Å². The first-order valence-corrected chi connectivity index (χ1v) is 3.90. The zero-order valence-electron chi connectivity index (χ0n) is 7.92. The predicted molar refractivity (Wildman–Crippen MR) is 49.7 cm³/mol. The first-order valence-electron chi connectivity index (χ1n) is 3.90. The maximum Gasteiger partial charge on any atom is 0.205 e. The van der Waals surface area contributed by atoms with E-state index in [1.54, 1.807) is 14.2 Å². The molecule has 0 aliphatic rings. The molecule has 0 rings (SSSR count). The van der Waals surface area contributed by atoms with Gasteiger partial charge in [0.1, 0.15) is 0 Å². The van der Waals surface area contributed by atoms with Crippen molar-refractivity contribution >= 4 is 5.96 Å². The van der Waals surface area contributed by atoms with Crippen LogP contribution in [-0.4, -0.2) is 33.3 Å². The van der Waals surface area contributed by atoms with Gasteiger partial charge in [-0.05, 0) is 5.92 Å². The van der Waals surface area contributed by atoms with E-state index in [-0.39, 0.29) is 0 Å². The third-order valence-electron chi connectivity index (χ3n) is 1.43. The van der Waals surface area contributed by atoms with Crippen molar-refractivity contribution in [3.8, 4) is 0 Å². The summed E-state index contributed by atoms with van der Waals surface area (Å²) < 4.78 is 4.97. The molecule has 0 heterocycles. The highest BCUT2D eigenvalue weighted by Crippen LogP contribution is 1.91. The van der Waals surface area contributed by atoms with Crippen LogP contribution in [0.15, 0.2) is 4.99 Å². The van der Waals surface area contributed by atoms with Crippen molar-refractivity contribution in [1.82, 2.24) is 10.7 Å². The van der Waals surface area contributed by atoms with Crippen LogP contribution in [0.4, 0.5) is 0 Å². The van der Waals surface area contributed by atoms with Gasteiger partial charge >= 0.3 is 0 Å². The monoisotopic (exact) mass is 174 g/mol. The van der Waals surface area contributed by atoms with Gasteiger partial charge in [0.25, 0.3) is 0 Å². The minimum atomic E-state index is 0.445. The number of hydrazine groups is 1. The second kappa shape index (κ2) is 6.87. The lowest BCUT2D eigenvalue weighted by Gasteiger charge is -2.12. The lowest BCUT2D eigenvalue weighted by atomic mass is 10.2. The largest absolute Gasteiger partial charge is 0.384 e. The molecule has 0 aliphatic carbocycles. The third-order valence-corrected chi connectivity index (χ3v) is 1.43. The zero-order valence-corrected chi connectivity index (χ0v) is 7.92. The SMILES string of the molecule is CN=C(NN)NCC(C)COC. The Morgan fingerprint density at radius 3 is 2.75 bits per heavy atom. The van der Waals surface area contributed by atoms with Crippen molar-refractivity contribution in [3.63, 3.8) is 0 Å². The van der Waals surface area contributed by atoms with Crippen molar-refractivity contribution in [2.75, 3.05) is 27.3 Å². The number of hydrogen-bond acceptors (Lipinski definition) is 3. The van der Waals surface area contributed by atoms with Gasteiger partial charge in [-0.2, -0.15) is 0 Å². The zero-order chi connectivity index (χ0) is 9.40. The van der Waals surface area contributed by atoms with E-state index in [2.05, 4.69) is 22.7 Å². The second-order valence-electron chi connectivity index (χ2n) is 2.66. The van der Waals surface area contributed by atoms with Gasteiger partial charge in [0, 0.05) is 20.7 Å². The van der Waals surface area contributed by atoms with Crippen molar-refractivity contribution in [3.05, 3.63) is 0 Å². The number of rotatable bonds is 4. The van der Waals surface area contributed by atoms with E-state index in [1.165, 1.54) is 0 Å². The van der Waals surface area contributed by atoms with Crippen LogP contribution in [0.5, 0.6) is 0 Å². The fourth-order valence-electron chi connectivity index (χ4n) is 0.809. The highest BCUT2D eigenvalue weighted by atomic mass is 16.5. The number of guanidine groups is 1. The number of nitrogens with one attached hydrogen (secondary N) is 2. The molecule has 0 amide bonds. The molecule has 1 unspecified atom stereocenters. The topological polar surface area (TPSA) is 71.7 Å². The van der Waals surface area contributed by atoms with E-state index in [0.717, 1.165) is 13.2 Å². The molecule has 1 atom stereocenters. The van der Waals surface area contributed by atoms with Crippen LogP contribution in [-0.2, 0) is 4.74 Å². The highest BCUT2D eigenvalue weighted by molar-refractivity contribution is 5.78. The Balaban J connectivity index is 3.52. The normalized spacial score (nSPS) is 14.2. The van der Waals surface area contributed by atoms with Crippen molar-refractivity contribution in [1.29, 1.82) is 0 Å². The van der Waals surface area contributed by atoms with Crippen molar-refractivity contribution < 1.29 is 4.74 Å². The molecular weight excluding hydrogens is 156 g/mol. The molecule has 72 valence electrons. The average molecular weight is 174 g/mol. The summed E-state index contributed by atoms with van der Waals surface area (Å²) in [5.74, 6) is 6.21. The standard InChI is InChI=1S/C7H18N4O/c1-6(5-12-3)4-10-7(9-2)11-8/h6H,4-5,8H2,1-3H3,(H2,9,10,11). The number of nitrogens with zero attached hydrogens (tertiary/aromatic N) is 1. The van der Waals surface area contributed by atoms with Gasteiger partial charge < -0.3 is 10.1 Å². The van der Waals surface area contributed by atoms with Crippen molar-refractivity contribution in [2.24, 2.45) is 16.8 Å². The fourth-order valence-corrected chi connectivity index (χ4v) is 0.809. The van der Waals surface area contributed by atoms with Crippen LogP contribution >= 0.6 is 0 Å². The van der Waals surface area contributed by atoms with Gasteiger partial charge in [-0.25, -0.2) is 5.84 Å². The van der Waals surface area contributed by atoms with E-state index < -0.39 is 0 Å². The lowest BCUT2D eigenvalue weighted by molar-refractivity contribution is 0.160. The molecule has 0 aliphatic heterocycles. The molecule has 0 radical (unpaired) electrons. The molecule has 12 heavy (non-hydrogen) atoms. The van der Waals surface area contributed by atoms with Gasteiger partial charge in [0.05, 0.1) is 6.61 Å². The summed E-state index contributed by atoms with van der Waals surface area (Å²) in [6.45, 7) is 3.61. The second-order valence-corrected chi connectivity index (χ2v) is 2.66. The third kappa shape index (κ3) is 4.92. The Bertz CT molecular complexity index is 137. The Hall–Kier alpha value is -0.810. The smallest absolute Gasteiger partial charge is 0.205 e. The Kier molecular flexibility index (Phi) is 6.41. The number of hydrogen-bond donors (Lipinski definition) is 3. The van der Waals surface area contributed by atoms with E-state index >= 15 is 0 Å². The molecule has 0 aromatic heterocycles. The van der Waals surface area contributed by atoms with Gasteiger partial charge in [0.15, 0.2) is 0 Å². The van der Waals surface area contributed by atoms with Gasteiger partial charge in [0.2, 0.25) is 5.96 Å². The summed E-state index contributed by atoms with van der Waals surface area (Å²) in [6, 6.07) is 0. The molecule has 0 fully saturated rings. The quantitative estimate of drug-likeness (QED) is 0.228. The van der Waals surface area contributed by atoms with Gasteiger partial charge in [-0.1, -0.05) is 6.92 Å².